The third kappa shape index (κ3) is 3.40. The third-order valence-electron chi connectivity index (χ3n) is 4.63. The maximum atomic E-state index is 12.6. The fourth-order valence-corrected chi connectivity index (χ4v) is 4.95. The van der Waals surface area contributed by atoms with Gasteiger partial charge >= 0.3 is 5.97 Å². The van der Waals surface area contributed by atoms with Crippen molar-refractivity contribution in [3.63, 3.8) is 0 Å². The number of carbonyl (C=O) groups is 2. The largest absolute Gasteiger partial charge is 0.478 e. The van der Waals surface area contributed by atoms with Crippen LogP contribution in [-0.2, 0) is 0 Å². The molecule has 0 unspecified atom stereocenters. The van der Waals surface area contributed by atoms with Crippen molar-refractivity contribution in [2.75, 3.05) is 5.32 Å². The van der Waals surface area contributed by atoms with E-state index in [1.54, 1.807) is 17.0 Å². The number of hydrogen-bond donors (Lipinski definition) is 2. The summed E-state index contributed by atoms with van der Waals surface area (Å²) in [5.74, 6) is -1.55. The number of para-hydroxylation sites is 1. The number of aryl methyl sites for hydroxylation is 2. The van der Waals surface area contributed by atoms with Gasteiger partial charge in [-0.15, -0.1) is 16.4 Å². The molecule has 3 heterocycles. The van der Waals surface area contributed by atoms with Gasteiger partial charge in [0.2, 0.25) is 0 Å². The van der Waals surface area contributed by atoms with Gasteiger partial charge < -0.3 is 10.4 Å². The van der Waals surface area contributed by atoms with Gasteiger partial charge in [-0.2, -0.15) is 5.10 Å². The van der Waals surface area contributed by atoms with Crippen LogP contribution in [0.5, 0.6) is 0 Å². The fourth-order valence-electron chi connectivity index (χ4n) is 3.26. The van der Waals surface area contributed by atoms with Crippen LogP contribution in [0.25, 0.3) is 16.1 Å². The van der Waals surface area contributed by atoms with Gasteiger partial charge in [0.15, 0.2) is 0 Å². The lowest BCUT2D eigenvalue weighted by Gasteiger charge is -2.07. The summed E-state index contributed by atoms with van der Waals surface area (Å²) in [4.78, 5) is 25.6. The molecule has 4 rings (SSSR count). The van der Waals surface area contributed by atoms with Gasteiger partial charge in [0, 0.05) is 10.9 Å². The number of aromatic nitrogens is 4. The smallest absolute Gasteiger partial charge is 0.339 e. The minimum absolute atomic E-state index is 0.0438. The number of nitrogens with zero attached hydrogens (tertiary/aromatic N) is 4. The molecule has 8 nitrogen and oxygen atoms in total. The number of anilines is 1. The highest BCUT2D eigenvalue weighted by molar-refractivity contribution is 7.14. The number of rotatable bonds is 5. The fraction of sp³-hybridized carbons (Fsp3) is 0.150. The molecular formula is C20H17N5O3S2. The molecule has 0 saturated carbocycles. The van der Waals surface area contributed by atoms with Gasteiger partial charge in [0.1, 0.15) is 10.4 Å². The molecule has 30 heavy (non-hydrogen) atoms. The Morgan fingerprint density at radius 3 is 2.47 bits per heavy atom. The maximum Gasteiger partial charge on any atom is 0.339 e. The molecule has 0 saturated heterocycles. The normalized spacial score (nSPS) is 10.9. The zero-order valence-electron chi connectivity index (χ0n) is 16.3. The van der Waals surface area contributed by atoms with E-state index in [1.807, 2.05) is 44.2 Å². The predicted octanol–water partition coefficient (Wildman–Crippen LogP) is 4.33. The second-order valence-electron chi connectivity index (χ2n) is 6.59. The summed E-state index contributed by atoms with van der Waals surface area (Å²) in [5.41, 5.74) is 3.95. The minimum Gasteiger partial charge on any atom is -0.478 e. The Balaban J connectivity index is 1.78. The van der Waals surface area contributed by atoms with Crippen molar-refractivity contribution in [2.45, 2.75) is 20.8 Å². The molecule has 0 fully saturated rings. The topological polar surface area (TPSA) is 110 Å². The molecule has 0 radical (unpaired) electrons. The molecule has 0 bridgehead atoms. The first kappa shape index (κ1) is 19.9. The van der Waals surface area contributed by atoms with E-state index in [9.17, 15) is 14.7 Å². The van der Waals surface area contributed by atoms with Gasteiger partial charge in [-0.1, -0.05) is 22.7 Å². The molecule has 0 aliphatic heterocycles. The number of thiophene rings is 1. The van der Waals surface area contributed by atoms with Crippen molar-refractivity contribution < 1.29 is 14.7 Å². The summed E-state index contributed by atoms with van der Waals surface area (Å²) in [7, 11) is 0. The number of nitrogens with one attached hydrogen (secondary N) is 1. The second-order valence-corrected chi connectivity index (χ2v) is 8.23. The molecule has 3 aromatic heterocycles. The summed E-state index contributed by atoms with van der Waals surface area (Å²) in [6.07, 6.45) is 0. The van der Waals surface area contributed by atoms with Gasteiger partial charge in [0.05, 0.1) is 33.3 Å². The van der Waals surface area contributed by atoms with Crippen molar-refractivity contribution in [1.82, 2.24) is 19.4 Å². The zero-order valence-corrected chi connectivity index (χ0v) is 18.0. The molecular weight excluding hydrogens is 422 g/mol. The lowest BCUT2D eigenvalue weighted by molar-refractivity contribution is 0.0699. The van der Waals surface area contributed by atoms with Crippen LogP contribution >= 0.6 is 22.9 Å². The molecule has 4 aromatic rings. The van der Waals surface area contributed by atoms with Gasteiger partial charge in [-0.05, 0) is 44.4 Å². The zero-order chi connectivity index (χ0) is 21.4. The Bertz CT molecular complexity index is 1260. The Morgan fingerprint density at radius 2 is 1.83 bits per heavy atom. The van der Waals surface area contributed by atoms with E-state index in [0.717, 1.165) is 28.5 Å². The minimum atomic E-state index is -1.12. The molecule has 0 spiro atoms. The molecule has 2 N–H and O–H groups in total. The summed E-state index contributed by atoms with van der Waals surface area (Å²) in [5, 5.41) is 22.7. The molecule has 1 aromatic carbocycles. The van der Waals surface area contributed by atoms with Crippen molar-refractivity contribution in [1.29, 1.82) is 0 Å². The van der Waals surface area contributed by atoms with E-state index < -0.39 is 11.9 Å². The van der Waals surface area contributed by atoms with E-state index in [4.69, 9.17) is 0 Å². The second kappa shape index (κ2) is 7.81. The first-order valence-electron chi connectivity index (χ1n) is 8.95. The maximum absolute atomic E-state index is 12.6. The lowest BCUT2D eigenvalue weighted by Crippen LogP contribution is -2.13. The quantitative estimate of drug-likeness (QED) is 0.479. The van der Waals surface area contributed by atoms with E-state index in [2.05, 4.69) is 20.0 Å². The van der Waals surface area contributed by atoms with Crippen molar-refractivity contribution in [2.24, 2.45) is 0 Å². The lowest BCUT2D eigenvalue weighted by atomic mass is 10.1. The Hall–Kier alpha value is -3.37. The van der Waals surface area contributed by atoms with Crippen LogP contribution in [0, 0.1) is 20.8 Å². The Labute approximate surface area is 180 Å². The van der Waals surface area contributed by atoms with Crippen molar-refractivity contribution in [3.05, 3.63) is 63.2 Å². The Kier molecular flexibility index (Phi) is 5.18. The molecule has 1 amide bonds. The van der Waals surface area contributed by atoms with E-state index in [1.165, 1.54) is 11.3 Å². The van der Waals surface area contributed by atoms with Crippen LogP contribution in [-0.4, -0.2) is 36.4 Å². The van der Waals surface area contributed by atoms with Crippen LogP contribution in [0.15, 0.2) is 35.7 Å². The number of carboxylic acid groups (broad SMARTS) is 1. The summed E-state index contributed by atoms with van der Waals surface area (Å²) >= 11 is 2.23. The Morgan fingerprint density at radius 1 is 1.10 bits per heavy atom. The molecule has 10 heteroatoms. The van der Waals surface area contributed by atoms with Gasteiger partial charge in [-0.25, -0.2) is 9.48 Å². The van der Waals surface area contributed by atoms with Gasteiger partial charge in [-0.3, -0.25) is 4.79 Å². The van der Waals surface area contributed by atoms with Crippen molar-refractivity contribution in [3.8, 4) is 16.1 Å². The predicted molar refractivity (Wildman–Crippen MR) is 116 cm³/mol. The van der Waals surface area contributed by atoms with E-state index in [0.29, 0.717) is 21.1 Å². The number of carboxylic acids is 1. The standard InChI is InChI=1S/C20H17N5O3S2/c1-10-15(12(3)25(23-10)13-7-5-4-6-8-13)18-16(20(27)28)14(9-29-18)21-19(26)17-11(2)22-24-30-17/h4-9H,1-3H3,(H,21,26)(H,27,28). The van der Waals surface area contributed by atoms with Crippen LogP contribution in [0.1, 0.15) is 37.1 Å². The number of benzene rings is 1. The van der Waals surface area contributed by atoms with Crippen molar-refractivity contribution >= 4 is 40.4 Å². The van der Waals surface area contributed by atoms with Crippen LogP contribution in [0.4, 0.5) is 5.69 Å². The average Bonchev–Trinajstić information content (AvgIpc) is 3.40. The van der Waals surface area contributed by atoms with E-state index in [-0.39, 0.29) is 11.3 Å². The number of hydrogen-bond acceptors (Lipinski definition) is 7. The average molecular weight is 440 g/mol. The number of aromatic carboxylic acids is 1. The highest BCUT2D eigenvalue weighted by Crippen LogP contribution is 2.40. The third-order valence-corrected chi connectivity index (χ3v) is 6.45. The molecule has 152 valence electrons. The SMILES string of the molecule is Cc1nnsc1C(=O)Nc1csc(-c2c(C)nn(-c3ccccc3)c2C)c1C(=O)O. The highest BCUT2D eigenvalue weighted by atomic mass is 32.1. The number of carbonyl (C=O) groups excluding carboxylic acids is 1. The van der Waals surface area contributed by atoms with Crippen LogP contribution in [0.2, 0.25) is 0 Å². The number of amides is 1. The first-order chi connectivity index (χ1) is 14.4. The van der Waals surface area contributed by atoms with Gasteiger partial charge in [0.25, 0.3) is 5.91 Å². The summed E-state index contributed by atoms with van der Waals surface area (Å²) in [6.45, 7) is 5.43. The van der Waals surface area contributed by atoms with Crippen LogP contribution < -0.4 is 5.32 Å². The monoisotopic (exact) mass is 439 g/mol. The van der Waals surface area contributed by atoms with E-state index >= 15 is 0 Å². The summed E-state index contributed by atoms with van der Waals surface area (Å²) in [6, 6.07) is 9.64. The molecule has 0 aliphatic carbocycles. The highest BCUT2D eigenvalue weighted by Gasteiger charge is 2.26. The summed E-state index contributed by atoms with van der Waals surface area (Å²) < 4.78 is 5.55. The van der Waals surface area contributed by atoms with Crippen LogP contribution in [0.3, 0.4) is 0 Å². The molecule has 0 atom stereocenters. The molecule has 0 aliphatic rings. The first-order valence-corrected chi connectivity index (χ1v) is 10.6.